The van der Waals surface area contributed by atoms with Gasteiger partial charge >= 0.3 is 0 Å². The molecule has 1 atom stereocenters. The van der Waals surface area contributed by atoms with Gasteiger partial charge in [0.25, 0.3) is 5.91 Å². The minimum Gasteiger partial charge on any atom is -0.370 e. The predicted octanol–water partition coefficient (Wildman–Crippen LogP) is 0.759. The molecule has 7 nitrogen and oxygen atoms in total. The first-order valence-electron chi connectivity index (χ1n) is 8.32. The van der Waals surface area contributed by atoms with Crippen molar-refractivity contribution in [2.45, 2.75) is 25.7 Å². The van der Waals surface area contributed by atoms with Gasteiger partial charge in [0.2, 0.25) is 11.8 Å². The molecule has 0 saturated carbocycles. The second-order valence-electron chi connectivity index (χ2n) is 6.11. The molecule has 1 aliphatic rings. The molecule has 1 fully saturated rings. The van der Waals surface area contributed by atoms with E-state index < -0.39 is 17.6 Å². The van der Waals surface area contributed by atoms with Gasteiger partial charge in [0.05, 0.1) is 5.69 Å². The Hall–Kier alpha value is -2.48. The summed E-state index contributed by atoms with van der Waals surface area (Å²) in [7, 11) is 0. The van der Waals surface area contributed by atoms with Crippen LogP contribution in [0.25, 0.3) is 0 Å². The number of hydrogen-bond donors (Lipinski definition) is 4. The van der Waals surface area contributed by atoms with Gasteiger partial charge in [-0.2, -0.15) is 0 Å². The molecule has 0 bridgehead atoms. The van der Waals surface area contributed by atoms with Gasteiger partial charge in [-0.05, 0) is 50.0 Å². The fourth-order valence-corrected chi connectivity index (χ4v) is 2.67. The van der Waals surface area contributed by atoms with E-state index in [-0.39, 0.29) is 30.1 Å². The summed E-state index contributed by atoms with van der Waals surface area (Å²) < 4.78 is 13.9. The Bertz CT molecular complexity index is 645. The third kappa shape index (κ3) is 6.15. The summed E-state index contributed by atoms with van der Waals surface area (Å²) >= 11 is 0. The Morgan fingerprint density at radius 2 is 2.08 bits per heavy atom. The lowest BCUT2D eigenvalue weighted by Crippen LogP contribution is -2.28. The van der Waals surface area contributed by atoms with E-state index in [0.29, 0.717) is 12.3 Å². The largest absolute Gasteiger partial charge is 0.370 e. The predicted molar refractivity (Wildman–Crippen MR) is 91.4 cm³/mol. The van der Waals surface area contributed by atoms with E-state index in [2.05, 4.69) is 16.0 Å². The van der Waals surface area contributed by atoms with Gasteiger partial charge in [0.15, 0.2) is 0 Å². The molecule has 0 radical (unpaired) electrons. The van der Waals surface area contributed by atoms with Crippen molar-refractivity contribution in [1.29, 1.82) is 0 Å². The molecule has 0 aromatic heterocycles. The van der Waals surface area contributed by atoms with Gasteiger partial charge in [0, 0.05) is 24.9 Å². The Kier molecular flexibility index (Phi) is 6.88. The van der Waals surface area contributed by atoms with E-state index in [1.165, 1.54) is 12.1 Å². The van der Waals surface area contributed by atoms with Crippen LogP contribution in [-0.2, 0) is 9.59 Å². The molecule has 1 saturated heterocycles. The summed E-state index contributed by atoms with van der Waals surface area (Å²) in [5.41, 5.74) is 5.16. The van der Waals surface area contributed by atoms with Crippen LogP contribution >= 0.6 is 0 Å². The number of rotatable bonds is 8. The molecule has 1 aliphatic heterocycles. The van der Waals surface area contributed by atoms with Gasteiger partial charge in [-0.3, -0.25) is 14.4 Å². The molecule has 1 aromatic carbocycles. The van der Waals surface area contributed by atoms with Crippen LogP contribution in [0.2, 0.25) is 0 Å². The van der Waals surface area contributed by atoms with Crippen LogP contribution in [-0.4, -0.2) is 37.4 Å². The van der Waals surface area contributed by atoms with Gasteiger partial charge in [-0.25, -0.2) is 4.39 Å². The molecule has 8 heteroatoms. The van der Waals surface area contributed by atoms with E-state index in [0.717, 1.165) is 32.0 Å². The maximum absolute atomic E-state index is 13.9. The van der Waals surface area contributed by atoms with Gasteiger partial charge in [-0.15, -0.1) is 0 Å². The van der Waals surface area contributed by atoms with E-state index in [1.807, 2.05) is 0 Å². The number of nitrogens with two attached hydrogens (primary N) is 1. The molecule has 0 aliphatic carbocycles. The Balaban J connectivity index is 1.89. The fraction of sp³-hybridized carbons (Fsp3) is 0.471. The maximum Gasteiger partial charge on any atom is 0.251 e. The molecular weight excluding hydrogens is 327 g/mol. The van der Waals surface area contributed by atoms with Crippen LogP contribution in [0.3, 0.4) is 0 Å². The average Bonchev–Trinajstić information content (AvgIpc) is 3.08. The van der Waals surface area contributed by atoms with Crippen molar-refractivity contribution >= 4 is 23.4 Å². The summed E-state index contributed by atoms with van der Waals surface area (Å²) in [5, 5.41) is 8.26. The Morgan fingerprint density at radius 1 is 1.28 bits per heavy atom. The molecule has 2 rings (SSSR count). The van der Waals surface area contributed by atoms with Crippen LogP contribution < -0.4 is 21.7 Å². The minimum absolute atomic E-state index is 0.0204. The van der Waals surface area contributed by atoms with Crippen molar-refractivity contribution < 1.29 is 18.8 Å². The lowest BCUT2D eigenvalue weighted by molar-refractivity contribution is -0.118. The number of benzene rings is 1. The van der Waals surface area contributed by atoms with E-state index in [4.69, 9.17) is 5.73 Å². The Morgan fingerprint density at radius 3 is 2.76 bits per heavy atom. The van der Waals surface area contributed by atoms with E-state index in [1.54, 1.807) is 0 Å². The highest BCUT2D eigenvalue weighted by molar-refractivity contribution is 5.97. The molecule has 1 heterocycles. The first kappa shape index (κ1) is 18.9. The molecule has 3 amide bonds. The fourth-order valence-electron chi connectivity index (χ4n) is 2.67. The zero-order valence-electron chi connectivity index (χ0n) is 13.9. The summed E-state index contributed by atoms with van der Waals surface area (Å²) in [6.45, 7) is 1.97. The van der Waals surface area contributed by atoms with Crippen molar-refractivity contribution in [2.24, 2.45) is 11.7 Å². The topological polar surface area (TPSA) is 113 Å². The Labute approximate surface area is 145 Å². The monoisotopic (exact) mass is 350 g/mol. The third-order valence-corrected chi connectivity index (χ3v) is 4.10. The van der Waals surface area contributed by atoms with Crippen molar-refractivity contribution in [1.82, 2.24) is 10.6 Å². The second-order valence-corrected chi connectivity index (χ2v) is 6.11. The standard InChI is InChI=1S/C17H23FN4O3/c18-13-3-2-12(17(25)21-8-6-15(19)23)9-14(13)22-16(24)4-1-11-5-7-20-10-11/h2-3,9,11,20H,1,4-8,10H2,(H2,19,23)(H,21,25)(H,22,24). The van der Waals surface area contributed by atoms with Crippen LogP contribution in [0.5, 0.6) is 0 Å². The molecule has 25 heavy (non-hydrogen) atoms. The lowest BCUT2D eigenvalue weighted by Gasteiger charge is -2.11. The average molecular weight is 350 g/mol. The van der Waals surface area contributed by atoms with Crippen LogP contribution in [0, 0.1) is 11.7 Å². The zero-order chi connectivity index (χ0) is 18.2. The van der Waals surface area contributed by atoms with E-state index >= 15 is 0 Å². The molecule has 1 unspecified atom stereocenters. The summed E-state index contributed by atoms with van der Waals surface area (Å²) in [6.07, 6.45) is 2.11. The number of anilines is 1. The van der Waals surface area contributed by atoms with Gasteiger partial charge in [0.1, 0.15) is 5.82 Å². The normalized spacial score (nSPS) is 16.4. The number of carbonyl (C=O) groups excluding carboxylic acids is 3. The number of carbonyl (C=O) groups is 3. The van der Waals surface area contributed by atoms with Crippen molar-refractivity contribution in [3.05, 3.63) is 29.6 Å². The quantitative estimate of drug-likeness (QED) is 0.554. The van der Waals surface area contributed by atoms with Crippen molar-refractivity contribution in [2.75, 3.05) is 25.0 Å². The first-order valence-corrected chi connectivity index (χ1v) is 8.32. The summed E-state index contributed by atoms with van der Waals surface area (Å²) in [5.74, 6) is -1.40. The first-order chi connectivity index (χ1) is 12.0. The van der Waals surface area contributed by atoms with Crippen LogP contribution in [0.15, 0.2) is 18.2 Å². The SMILES string of the molecule is NC(=O)CCNC(=O)c1ccc(F)c(NC(=O)CCC2CCNC2)c1. The van der Waals surface area contributed by atoms with Gasteiger partial charge in [-0.1, -0.05) is 0 Å². The molecular formula is C17H23FN4O3. The maximum atomic E-state index is 13.9. The molecule has 5 N–H and O–H groups in total. The van der Waals surface area contributed by atoms with Crippen molar-refractivity contribution in [3.63, 3.8) is 0 Å². The number of nitrogens with one attached hydrogen (secondary N) is 3. The third-order valence-electron chi connectivity index (χ3n) is 4.10. The van der Waals surface area contributed by atoms with E-state index in [9.17, 15) is 18.8 Å². The van der Waals surface area contributed by atoms with Crippen molar-refractivity contribution in [3.8, 4) is 0 Å². The zero-order valence-corrected chi connectivity index (χ0v) is 13.9. The second kappa shape index (κ2) is 9.12. The molecule has 0 spiro atoms. The number of amides is 3. The minimum atomic E-state index is -0.607. The van der Waals surface area contributed by atoms with Crippen LogP contribution in [0.4, 0.5) is 10.1 Å². The number of primary amides is 1. The lowest BCUT2D eigenvalue weighted by atomic mass is 10.0. The number of hydrogen-bond acceptors (Lipinski definition) is 4. The highest BCUT2D eigenvalue weighted by Gasteiger charge is 2.17. The summed E-state index contributed by atoms with van der Waals surface area (Å²) in [4.78, 5) is 34.6. The highest BCUT2D eigenvalue weighted by atomic mass is 19.1. The summed E-state index contributed by atoms with van der Waals surface area (Å²) in [6, 6.07) is 3.72. The molecule has 136 valence electrons. The highest BCUT2D eigenvalue weighted by Crippen LogP contribution is 2.18. The smallest absolute Gasteiger partial charge is 0.251 e. The molecule has 1 aromatic rings. The van der Waals surface area contributed by atoms with Gasteiger partial charge < -0.3 is 21.7 Å². The number of halogens is 1. The van der Waals surface area contributed by atoms with Crippen LogP contribution in [0.1, 0.15) is 36.0 Å².